The van der Waals surface area contributed by atoms with Crippen LogP contribution in [0.25, 0.3) is 0 Å². The minimum absolute atomic E-state index is 0.0245. The molecule has 18 heavy (non-hydrogen) atoms. The number of likely N-dealkylation sites (N-methyl/N-ethyl adjacent to an activating group) is 1. The normalized spacial score (nSPS) is 12.4. The molecule has 7 nitrogen and oxygen atoms in total. The van der Waals surface area contributed by atoms with E-state index >= 15 is 0 Å². The molecule has 0 saturated carbocycles. The van der Waals surface area contributed by atoms with Crippen molar-refractivity contribution in [2.75, 3.05) is 31.4 Å². The molecule has 1 aromatic heterocycles. The lowest BCUT2D eigenvalue weighted by molar-refractivity contribution is -0.133. The van der Waals surface area contributed by atoms with Gasteiger partial charge < -0.3 is 14.7 Å². The number of ether oxygens (including phenoxy) is 1. The topological polar surface area (TPSA) is 80.5 Å². The van der Waals surface area contributed by atoms with Crippen LogP contribution < -0.4 is 4.90 Å². The summed E-state index contributed by atoms with van der Waals surface area (Å²) in [5.74, 6) is -0.207. The Morgan fingerprint density at radius 1 is 1.61 bits per heavy atom. The third-order valence-corrected chi connectivity index (χ3v) is 3.53. The van der Waals surface area contributed by atoms with E-state index in [-0.39, 0.29) is 11.8 Å². The highest BCUT2D eigenvalue weighted by molar-refractivity contribution is 7.99. The summed E-state index contributed by atoms with van der Waals surface area (Å²) in [5, 5.41) is 17.3. The first-order valence-corrected chi connectivity index (χ1v) is 6.41. The molecular formula is C10H18N4O3S. The lowest BCUT2D eigenvalue weighted by Gasteiger charge is -2.24. The molecule has 0 aliphatic rings. The van der Waals surface area contributed by atoms with Crippen LogP contribution in [0.4, 0.5) is 5.95 Å². The monoisotopic (exact) mass is 274 g/mol. The zero-order valence-electron chi connectivity index (χ0n) is 11.0. The van der Waals surface area contributed by atoms with Crippen molar-refractivity contribution in [2.24, 2.45) is 7.05 Å². The van der Waals surface area contributed by atoms with Crippen LogP contribution >= 0.6 is 11.8 Å². The Hall–Kier alpha value is -1.28. The molecule has 8 heteroatoms. The summed E-state index contributed by atoms with van der Waals surface area (Å²) in [6.07, 6.45) is 0. The van der Waals surface area contributed by atoms with Gasteiger partial charge in [-0.05, 0) is 6.92 Å². The second kappa shape index (κ2) is 6.60. The van der Waals surface area contributed by atoms with Crippen LogP contribution in [0.5, 0.6) is 0 Å². The summed E-state index contributed by atoms with van der Waals surface area (Å²) >= 11 is 1.15. The van der Waals surface area contributed by atoms with Gasteiger partial charge in [0, 0.05) is 21.2 Å². The van der Waals surface area contributed by atoms with Gasteiger partial charge in [-0.2, -0.15) is 0 Å². The lowest BCUT2D eigenvalue weighted by Crippen LogP contribution is -2.34. The SMILES string of the molecule is COCC(C)N(C)c1nnc(SCC(=O)O)n1C. The molecule has 1 N–H and O–H groups in total. The Labute approximate surface area is 110 Å². The first kappa shape index (κ1) is 14.8. The molecule has 1 aromatic rings. The number of aromatic nitrogens is 3. The number of methoxy groups -OCH3 is 1. The van der Waals surface area contributed by atoms with Crippen molar-refractivity contribution in [1.29, 1.82) is 0 Å². The fourth-order valence-corrected chi connectivity index (χ4v) is 2.04. The molecule has 0 aliphatic heterocycles. The van der Waals surface area contributed by atoms with Gasteiger partial charge in [0.15, 0.2) is 5.16 Å². The molecule has 102 valence electrons. The highest BCUT2D eigenvalue weighted by Crippen LogP contribution is 2.20. The molecular weight excluding hydrogens is 256 g/mol. The van der Waals surface area contributed by atoms with E-state index in [2.05, 4.69) is 10.2 Å². The van der Waals surface area contributed by atoms with Crippen molar-refractivity contribution in [1.82, 2.24) is 14.8 Å². The number of hydrogen-bond donors (Lipinski definition) is 1. The van der Waals surface area contributed by atoms with Gasteiger partial charge in [-0.1, -0.05) is 11.8 Å². The fourth-order valence-electron chi connectivity index (χ4n) is 1.42. The number of aliphatic carboxylic acids is 1. The van der Waals surface area contributed by atoms with Crippen LogP contribution in [-0.2, 0) is 16.6 Å². The Morgan fingerprint density at radius 3 is 2.83 bits per heavy atom. The van der Waals surface area contributed by atoms with Crippen LogP contribution in [0.15, 0.2) is 5.16 Å². The van der Waals surface area contributed by atoms with Gasteiger partial charge in [0.25, 0.3) is 0 Å². The van der Waals surface area contributed by atoms with Gasteiger partial charge in [-0.3, -0.25) is 9.36 Å². The molecule has 0 spiro atoms. The molecule has 0 amide bonds. The minimum atomic E-state index is -0.870. The molecule has 1 atom stereocenters. The predicted molar refractivity (Wildman–Crippen MR) is 69.1 cm³/mol. The Balaban J connectivity index is 2.75. The maximum absolute atomic E-state index is 10.5. The number of thioether (sulfide) groups is 1. The third-order valence-electron chi connectivity index (χ3n) is 2.52. The third kappa shape index (κ3) is 3.61. The van der Waals surface area contributed by atoms with Crippen molar-refractivity contribution in [3.8, 4) is 0 Å². The number of rotatable bonds is 7. The van der Waals surface area contributed by atoms with E-state index in [0.29, 0.717) is 17.7 Å². The van der Waals surface area contributed by atoms with Gasteiger partial charge in [0.05, 0.1) is 18.4 Å². The number of anilines is 1. The van der Waals surface area contributed by atoms with Gasteiger partial charge in [-0.15, -0.1) is 10.2 Å². The highest BCUT2D eigenvalue weighted by atomic mass is 32.2. The number of nitrogens with zero attached hydrogens (tertiary/aromatic N) is 4. The first-order chi connectivity index (χ1) is 8.47. The van der Waals surface area contributed by atoms with E-state index in [4.69, 9.17) is 9.84 Å². The van der Waals surface area contributed by atoms with Crippen molar-refractivity contribution in [2.45, 2.75) is 18.1 Å². The highest BCUT2D eigenvalue weighted by Gasteiger charge is 2.17. The van der Waals surface area contributed by atoms with E-state index < -0.39 is 5.97 Å². The number of carbonyl (C=O) groups is 1. The summed E-state index contributed by atoms with van der Waals surface area (Å²) in [6.45, 7) is 2.60. The van der Waals surface area contributed by atoms with Gasteiger partial charge in [0.2, 0.25) is 5.95 Å². The average Bonchev–Trinajstić information content (AvgIpc) is 2.67. The largest absolute Gasteiger partial charge is 0.481 e. The van der Waals surface area contributed by atoms with E-state index in [1.165, 1.54) is 0 Å². The Morgan fingerprint density at radius 2 is 2.28 bits per heavy atom. The second-order valence-electron chi connectivity index (χ2n) is 3.94. The molecule has 1 rings (SSSR count). The Kier molecular flexibility index (Phi) is 5.42. The van der Waals surface area contributed by atoms with Crippen LogP contribution in [0.3, 0.4) is 0 Å². The number of hydrogen-bond acceptors (Lipinski definition) is 6. The van der Waals surface area contributed by atoms with Crippen LogP contribution in [0.1, 0.15) is 6.92 Å². The summed E-state index contributed by atoms with van der Waals surface area (Å²) in [7, 11) is 5.37. The van der Waals surface area contributed by atoms with Crippen molar-refractivity contribution in [3.63, 3.8) is 0 Å². The number of carboxylic acids is 1. The first-order valence-electron chi connectivity index (χ1n) is 5.43. The van der Waals surface area contributed by atoms with E-state index in [1.807, 2.05) is 25.9 Å². The Bertz CT molecular complexity index is 410. The van der Waals surface area contributed by atoms with Gasteiger partial charge >= 0.3 is 5.97 Å². The maximum atomic E-state index is 10.5. The molecule has 0 radical (unpaired) electrons. The van der Waals surface area contributed by atoms with Crippen LogP contribution in [-0.4, -0.2) is 58.4 Å². The quantitative estimate of drug-likeness (QED) is 0.723. The van der Waals surface area contributed by atoms with Crippen molar-refractivity contribution < 1.29 is 14.6 Å². The molecule has 0 aliphatic carbocycles. The predicted octanol–water partition coefficient (Wildman–Crippen LogP) is 0.463. The minimum Gasteiger partial charge on any atom is -0.481 e. The lowest BCUT2D eigenvalue weighted by atomic mass is 10.3. The van der Waals surface area contributed by atoms with Gasteiger partial charge in [-0.25, -0.2) is 0 Å². The molecule has 1 heterocycles. The zero-order valence-corrected chi connectivity index (χ0v) is 11.8. The zero-order chi connectivity index (χ0) is 13.7. The smallest absolute Gasteiger partial charge is 0.313 e. The molecule has 0 fully saturated rings. The van der Waals surface area contributed by atoms with Gasteiger partial charge in [0.1, 0.15) is 0 Å². The number of carboxylic acid groups (broad SMARTS) is 1. The van der Waals surface area contributed by atoms with Crippen molar-refractivity contribution >= 4 is 23.7 Å². The molecule has 0 saturated heterocycles. The fraction of sp³-hybridized carbons (Fsp3) is 0.700. The standard InChI is InChI=1S/C10H18N4O3S/c1-7(5-17-4)13(2)9-11-12-10(14(9)3)18-6-8(15)16/h7H,5-6H2,1-4H3,(H,15,16). The van der Waals surface area contributed by atoms with E-state index in [1.54, 1.807) is 11.7 Å². The maximum Gasteiger partial charge on any atom is 0.313 e. The van der Waals surface area contributed by atoms with Crippen LogP contribution in [0.2, 0.25) is 0 Å². The van der Waals surface area contributed by atoms with Crippen LogP contribution in [0, 0.1) is 0 Å². The summed E-state index contributed by atoms with van der Waals surface area (Å²) in [6, 6.07) is 0.162. The summed E-state index contributed by atoms with van der Waals surface area (Å²) < 4.78 is 6.87. The summed E-state index contributed by atoms with van der Waals surface area (Å²) in [4.78, 5) is 12.5. The molecule has 1 unspecified atom stereocenters. The van der Waals surface area contributed by atoms with Crippen molar-refractivity contribution in [3.05, 3.63) is 0 Å². The second-order valence-corrected chi connectivity index (χ2v) is 4.88. The molecule has 0 bridgehead atoms. The van der Waals surface area contributed by atoms with E-state index in [9.17, 15) is 4.79 Å². The summed E-state index contributed by atoms with van der Waals surface area (Å²) in [5.41, 5.74) is 0. The van der Waals surface area contributed by atoms with E-state index in [0.717, 1.165) is 11.8 Å². The molecule has 0 aromatic carbocycles. The average molecular weight is 274 g/mol.